The van der Waals surface area contributed by atoms with Gasteiger partial charge < -0.3 is 0 Å². The van der Waals surface area contributed by atoms with E-state index in [2.05, 4.69) is 9.88 Å². The average Bonchev–Trinajstić information content (AvgIpc) is 2.59. The van der Waals surface area contributed by atoms with Gasteiger partial charge in [-0.25, -0.2) is 0 Å². The van der Waals surface area contributed by atoms with E-state index in [4.69, 9.17) is 0 Å². The summed E-state index contributed by atoms with van der Waals surface area (Å²) in [5.41, 5.74) is 0.663. The van der Waals surface area contributed by atoms with Crippen molar-refractivity contribution in [3.05, 3.63) is 36.4 Å². The summed E-state index contributed by atoms with van der Waals surface area (Å²) in [5, 5.41) is 0. The second-order valence-corrected chi connectivity index (χ2v) is 12.6. The number of hydrogen-bond donors (Lipinski definition) is 0. The Bertz CT molecular complexity index is 444. The zero-order valence-electron chi connectivity index (χ0n) is 9.31. The monoisotopic (exact) mass is 323 g/mol. The fourth-order valence-corrected chi connectivity index (χ4v) is 4.41. The Labute approximate surface area is 101 Å². The molecule has 1 aromatic carbocycles. The molecule has 0 N–H and O–H groups in total. The molecular formula is C12H13NO2Sn. The molecule has 0 aliphatic carbocycles. The molecule has 16 heavy (non-hydrogen) atoms. The zero-order valence-corrected chi connectivity index (χ0v) is 12.6. The molecule has 0 atom stereocenters. The molecule has 4 heteroatoms. The number of carbonyl (C=O) groups is 2. The van der Waals surface area contributed by atoms with Crippen LogP contribution >= 0.6 is 0 Å². The first-order valence-electron chi connectivity index (χ1n) is 5.25. The van der Waals surface area contributed by atoms with Crippen molar-refractivity contribution in [3.8, 4) is 0 Å². The summed E-state index contributed by atoms with van der Waals surface area (Å²) in [6.45, 7) is 0. The summed E-state index contributed by atoms with van der Waals surface area (Å²) >= 11 is -1.46. The molecule has 82 valence electrons. The molecule has 0 bridgehead atoms. The zero-order chi connectivity index (χ0) is 11.7. The quantitative estimate of drug-likeness (QED) is 0.597. The van der Waals surface area contributed by atoms with Crippen molar-refractivity contribution in [2.75, 3.05) is 4.90 Å². The number of nitrogens with zero attached hydrogens (tertiary/aromatic N) is 1. The average molecular weight is 322 g/mol. The summed E-state index contributed by atoms with van der Waals surface area (Å²) in [7, 11) is 0. The van der Waals surface area contributed by atoms with Gasteiger partial charge in [-0.05, 0) is 0 Å². The van der Waals surface area contributed by atoms with E-state index in [1.165, 1.54) is 20.6 Å². The summed E-state index contributed by atoms with van der Waals surface area (Å²) in [5.74, 6) is -0.517. The number of imide groups is 1. The maximum absolute atomic E-state index is 11.4. The van der Waals surface area contributed by atoms with E-state index in [-0.39, 0.29) is 11.8 Å². The van der Waals surface area contributed by atoms with Crippen molar-refractivity contribution in [2.45, 2.75) is 9.88 Å². The second kappa shape index (κ2) is 4.41. The van der Waals surface area contributed by atoms with Gasteiger partial charge in [0.05, 0.1) is 0 Å². The molecule has 0 radical (unpaired) electrons. The van der Waals surface area contributed by atoms with Crippen molar-refractivity contribution < 1.29 is 9.59 Å². The van der Waals surface area contributed by atoms with E-state index >= 15 is 0 Å². The molecule has 2 amide bonds. The fourth-order valence-electron chi connectivity index (χ4n) is 1.66. The molecule has 0 spiro atoms. The van der Waals surface area contributed by atoms with Crippen LogP contribution in [0.1, 0.15) is 0 Å². The van der Waals surface area contributed by atoms with E-state index in [0.717, 1.165) is 0 Å². The van der Waals surface area contributed by atoms with Gasteiger partial charge in [0.25, 0.3) is 0 Å². The maximum atomic E-state index is 11.4. The van der Waals surface area contributed by atoms with Crippen LogP contribution in [0.4, 0.5) is 5.69 Å². The van der Waals surface area contributed by atoms with Gasteiger partial charge in [-0.15, -0.1) is 0 Å². The van der Waals surface area contributed by atoms with Crippen LogP contribution in [0, 0.1) is 0 Å². The van der Waals surface area contributed by atoms with Crippen LogP contribution in [-0.4, -0.2) is 31.6 Å². The van der Waals surface area contributed by atoms with Crippen molar-refractivity contribution in [3.63, 3.8) is 0 Å². The van der Waals surface area contributed by atoms with E-state index in [1.807, 2.05) is 24.3 Å². The van der Waals surface area contributed by atoms with Gasteiger partial charge in [0.2, 0.25) is 0 Å². The Morgan fingerprint density at radius 2 is 1.44 bits per heavy atom. The topological polar surface area (TPSA) is 37.4 Å². The van der Waals surface area contributed by atoms with Crippen molar-refractivity contribution >= 4 is 40.8 Å². The number of rotatable bonds is 2. The van der Waals surface area contributed by atoms with Gasteiger partial charge in [0.1, 0.15) is 0 Å². The molecule has 1 aromatic rings. The second-order valence-electron chi connectivity index (χ2n) is 4.09. The molecule has 0 aromatic heterocycles. The molecule has 3 nitrogen and oxygen atoms in total. The predicted molar refractivity (Wildman–Crippen MR) is 66.6 cm³/mol. The standard InChI is InChI=1S/C10H6NO2.2CH3.Sn.H/c12-9-6-7-10(13)11(9)8-4-2-1-3-5-8;;;;/h2-7H;2*1H3;;. The van der Waals surface area contributed by atoms with Gasteiger partial charge >= 0.3 is 102 Å². The SMILES string of the molecule is [CH3][SnH]([CH3])[c]1ccc(N2C(=O)C=CC2=O)cc1. The van der Waals surface area contributed by atoms with Crippen LogP contribution in [0.15, 0.2) is 36.4 Å². The number of anilines is 1. The molecule has 1 aliphatic heterocycles. The van der Waals surface area contributed by atoms with Gasteiger partial charge in [-0.3, -0.25) is 0 Å². The van der Waals surface area contributed by atoms with E-state index in [0.29, 0.717) is 5.69 Å². The van der Waals surface area contributed by atoms with Gasteiger partial charge in [-0.2, -0.15) is 0 Å². The summed E-state index contributed by atoms with van der Waals surface area (Å²) in [6.07, 6.45) is 2.61. The van der Waals surface area contributed by atoms with E-state index in [9.17, 15) is 9.59 Å². The number of benzene rings is 1. The third-order valence-electron chi connectivity index (χ3n) is 2.63. The Morgan fingerprint density at radius 1 is 0.938 bits per heavy atom. The minimum absolute atomic E-state index is 0.259. The summed E-state index contributed by atoms with van der Waals surface area (Å²) in [6, 6.07) is 7.79. The molecule has 1 aliphatic rings. The van der Waals surface area contributed by atoms with Gasteiger partial charge in [0, 0.05) is 0 Å². The number of amides is 2. The van der Waals surface area contributed by atoms with Crippen LogP contribution in [0.2, 0.25) is 9.88 Å². The number of hydrogen-bond acceptors (Lipinski definition) is 2. The van der Waals surface area contributed by atoms with Gasteiger partial charge in [0.15, 0.2) is 0 Å². The molecule has 0 saturated heterocycles. The van der Waals surface area contributed by atoms with Crippen molar-refractivity contribution in [2.24, 2.45) is 0 Å². The summed E-state index contributed by atoms with van der Waals surface area (Å²) in [4.78, 5) is 28.7. The van der Waals surface area contributed by atoms with Gasteiger partial charge in [-0.1, -0.05) is 0 Å². The predicted octanol–water partition coefficient (Wildman–Crippen LogP) is 0.810. The Hall–Kier alpha value is -1.10. The first-order valence-corrected chi connectivity index (χ1v) is 13.5. The summed E-state index contributed by atoms with van der Waals surface area (Å²) < 4.78 is 1.40. The van der Waals surface area contributed by atoms with E-state index < -0.39 is 19.8 Å². The molecule has 1 heterocycles. The molecular weight excluding hydrogens is 309 g/mol. The first-order chi connectivity index (χ1) is 7.59. The first kappa shape index (κ1) is 11.4. The third kappa shape index (κ3) is 2.04. The molecule has 2 rings (SSSR count). The van der Waals surface area contributed by atoms with E-state index in [1.54, 1.807) is 0 Å². The van der Waals surface area contributed by atoms with Crippen molar-refractivity contribution in [1.82, 2.24) is 0 Å². The molecule has 0 unspecified atom stereocenters. The van der Waals surface area contributed by atoms with Crippen LogP contribution in [0.5, 0.6) is 0 Å². The minimum atomic E-state index is -1.46. The molecule has 0 saturated carbocycles. The Morgan fingerprint density at radius 3 is 1.88 bits per heavy atom. The molecule has 0 fully saturated rings. The third-order valence-corrected chi connectivity index (χ3v) is 7.53. The van der Waals surface area contributed by atoms with Crippen LogP contribution in [0.25, 0.3) is 0 Å². The number of carbonyl (C=O) groups excluding carboxylic acids is 2. The fraction of sp³-hybridized carbons (Fsp3) is 0.167. The van der Waals surface area contributed by atoms with Crippen LogP contribution in [0.3, 0.4) is 0 Å². The van der Waals surface area contributed by atoms with Crippen molar-refractivity contribution in [1.29, 1.82) is 0 Å². The Balaban J connectivity index is 2.29. The Kier molecular flexibility index (Phi) is 3.14. The normalized spacial score (nSPS) is 15.3. The van der Waals surface area contributed by atoms with Crippen LogP contribution in [-0.2, 0) is 9.59 Å². The van der Waals surface area contributed by atoms with Crippen LogP contribution < -0.4 is 8.48 Å².